The van der Waals surface area contributed by atoms with Gasteiger partial charge in [0, 0.05) is 26.2 Å². The summed E-state index contributed by atoms with van der Waals surface area (Å²) >= 11 is 0. The molecule has 102 valence electrons. The van der Waals surface area contributed by atoms with Gasteiger partial charge in [0.2, 0.25) is 0 Å². The molecule has 19 heavy (non-hydrogen) atoms. The van der Waals surface area contributed by atoms with E-state index in [0.717, 1.165) is 29.7 Å². The number of nitrogens with zero attached hydrogens (tertiary/aromatic N) is 3. The number of aryl methyl sites for hydroxylation is 1. The number of aromatic nitrogens is 2. The van der Waals surface area contributed by atoms with Gasteiger partial charge in [0.25, 0.3) is 0 Å². The van der Waals surface area contributed by atoms with Crippen molar-refractivity contribution in [1.29, 1.82) is 0 Å². The molecule has 0 saturated carbocycles. The molecule has 0 radical (unpaired) electrons. The average Bonchev–Trinajstić information content (AvgIpc) is 2.83. The van der Waals surface area contributed by atoms with E-state index >= 15 is 0 Å². The highest BCUT2D eigenvalue weighted by Crippen LogP contribution is 2.14. The second-order valence-corrected chi connectivity index (χ2v) is 4.34. The number of furan rings is 1. The van der Waals surface area contributed by atoms with E-state index in [9.17, 15) is 0 Å². The summed E-state index contributed by atoms with van der Waals surface area (Å²) < 4.78 is 5.49. The fourth-order valence-corrected chi connectivity index (χ4v) is 1.72. The lowest BCUT2D eigenvalue weighted by Crippen LogP contribution is -2.25. The van der Waals surface area contributed by atoms with E-state index in [1.54, 1.807) is 0 Å². The average molecular weight is 261 g/mol. The van der Waals surface area contributed by atoms with Crippen molar-refractivity contribution in [3.8, 4) is 0 Å². The van der Waals surface area contributed by atoms with Gasteiger partial charge in [0.05, 0.1) is 6.54 Å². The van der Waals surface area contributed by atoms with E-state index < -0.39 is 0 Å². The Kier molecular flexibility index (Phi) is 4.35. The number of nitrogens with two attached hydrogens (primary N) is 1. The number of anilines is 2. The van der Waals surface area contributed by atoms with Crippen LogP contribution >= 0.6 is 0 Å². The Morgan fingerprint density at radius 1 is 1.37 bits per heavy atom. The van der Waals surface area contributed by atoms with E-state index in [1.807, 2.05) is 37.1 Å². The second-order valence-electron chi connectivity index (χ2n) is 4.34. The van der Waals surface area contributed by atoms with Crippen molar-refractivity contribution in [3.63, 3.8) is 0 Å². The number of hydrogen-bond donors (Lipinski definition) is 2. The Balaban J connectivity index is 1.98. The molecule has 2 aromatic rings. The lowest BCUT2D eigenvalue weighted by atomic mass is 10.4. The molecule has 0 aliphatic rings. The number of likely N-dealkylation sites (N-methyl/N-ethyl adjacent to an activating group) is 1. The van der Waals surface area contributed by atoms with Gasteiger partial charge in [-0.1, -0.05) is 0 Å². The second kappa shape index (κ2) is 6.19. The van der Waals surface area contributed by atoms with Gasteiger partial charge in [0.1, 0.15) is 29.5 Å². The highest BCUT2D eigenvalue weighted by molar-refractivity contribution is 5.47. The molecule has 2 rings (SSSR count). The van der Waals surface area contributed by atoms with E-state index in [2.05, 4.69) is 15.3 Å². The number of nitrogens with one attached hydrogen (secondary N) is 1. The fraction of sp³-hybridized carbons (Fsp3) is 0.385. The molecule has 6 nitrogen and oxygen atoms in total. The summed E-state index contributed by atoms with van der Waals surface area (Å²) in [6, 6.07) is 5.79. The molecule has 0 spiro atoms. The third-order valence-corrected chi connectivity index (χ3v) is 2.75. The highest BCUT2D eigenvalue weighted by atomic mass is 16.3. The largest absolute Gasteiger partial charge is 0.465 e. The monoisotopic (exact) mass is 261 g/mol. The Morgan fingerprint density at radius 2 is 2.21 bits per heavy atom. The molecule has 0 saturated heterocycles. The van der Waals surface area contributed by atoms with Crippen molar-refractivity contribution in [1.82, 2.24) is 9.97 Å². The van der Waals surface area contributed by atoms with Crippen LogP contribution < -0.4 is 16.0 Å². The van der Waals surface area contributed by atoms with Crippen molar-refractivity contribution in [2.24, 2.45) is 5.73 Å². The summed E-state index contributed by atoms with van der Waals surface area (Å²) in [6.45, 7) is 3.88. The lowest BCUT2D eigenvalue weighted by molar-refractivity contribution is 0.490. The zero-order chi connectivity index (χ0) is 13.7. The van der Waals surface area contributed by atoms with Gasteiger partial charge < -0.3 is 20.4 Å². The van der Waals surface area contributed by atoms with Gasteiger partial charge in [-0.15, -0.1) is 0 Å². The molecule has 0 aliphatic heterocycles. The smallest absolute Gasteiger partial charge is 0.133 e. The molecule has 0 amide bonds. The van der Waals surface area contributed by atoms with Crippen LogP contribution in [-0.2, 0) is 6.54 Å². The Morgan fingerprint density at radius 3 is 2.89 bits per heavy atom. The van der Waals surface area contributed by atoms with Crippen molar-refractivity contribution in [3.05, 3.63) is 36.0 Å². The third-order valence-electron chi connectivity index (χ3n) is 2.75. The van der Waals surface area contributed by atoms with Crippen LogP contribution in [0.4, 0.5) is 11.6 Å². The fourth-order valence-electron chi connectivity index (χ4n) is 1.72. The first kappa shape index (κ1) is 13.4. The first-order valence-electron chi connectivity index (χ1n) is 6.21. The van der Waals surface area contributed by atoms with Gasteiger partial charge in [-0.05, 0) is 19.1 Å². The first-order chi connectivity index (χ1) is 9.19. The summed E-state index contributed by atoms with van der Waals surface area (Å²) in [6.07, 6.45) is 1.54. The van der Waals surface area contributed by atoms with E-state index in [1.165, 1.54) is 6.33 Å². The quantitative estimate of drug-likeness (QED) is 0.818. The normalized spacial score (nSPS) is 10.5. The summed E-state index contributed by atoms with van der Waals surface area (Å²) in [5.74, 6) is 3.40. The summed E-state index contributed by atoms with van der Waals surface area (Å²) in [5, 5.41) is 3.21. The van der Waals surface area contributed by atoms with Crippen LogP contribution in [0.15, 0.2) is 28.9 Å². The molecule has 0 fully saturated rings. The zero-order valence-electron chi connectivity index (χ0n) is 11.3. The molecule has 0 bridgehead atoms. The minimum atomic E-state index is 0.592. The molecule has 0 unspecified atom stereocenters. The molecule has 0 atom stereocenters. The van der Waals surface area contributed by atoms with Crippen LogP contribution in [0.1, 0.15) is 11.5 Å². The number of hydrogen-bond acceptors (Lipinski definition) is 6. The van der Waals surface area contributed by atoms with Gasteiger partial charge in [-0.3, -0.25) is 0 Å². The molecule has 0 aliphatic carbocycles. The predicted octanol–water partition coefficient (Wildman–Crippen LogP) is 1.39. The minimum absolute atomic E-state index is 0.592. The molecule has 3 N–H and O–H groups in total. The summed E-state index contributed by atoms with van der Waals surface area (Å²) in [5.41, 5.74) is 5.53. The SMILES string of the molecule is Cc1ccc(CNc2cc(N(C)CCN)ncn2)o1. The summed E-state index contributed by atoms with van der Waals surface area (Å²) in [4.78, 5) is 10.4. The van der Waals surface area contributed by atoms with Gasteiger partial charge in [-0.2, -0.15) is 0 Å². The number of rotatable bonds is 6. The maximum atomic E-state index is 5.53. The van der Waals surface area contributed by atoms with Crippen molar-refractivity contribution >= 4 is 11.6 Å². The molecule has 2 heterocycles. The van der Waals surface area contributed by atoms with E-state index in [-0.39, 0.29) is 0 Å². The van der Waals surface area contributed by atoms with Crippen molar-refractivity contribution in [2.75, 3.05) is 30.4 Å². The topological polar surface area (TPSA) is 80.2 Å². The van der Waals surface area contributed by atoms with Crippen LogP contribution in [0.25, 0.3) is 0 Å². The standard InChI is InChI=1S/C13H19N5O/c1-10-3-4-11(19-10)8-15-12-7-13(17-9-16-12)18(2)6-5-14/h3-4,7,9H,5-6,8,14H2,1-2H3,(H,15,16,17). The van der Waals surface area contributed by atoms with Crippen molar-refractivity contribution in [2.45, 2.75) is 13.5 Å². The van der Waals surface area contributed by atoms with Crippen LogP contribution in [0.3, 0.4) is 0 Å². The minimum Gasteiger partial charge on any atom is -0.465 e. The van der Waals surface area contributed by atoms with Crippen LogP contribution in [0.5, 0.6) is 0 Å². The van der Waals surface area contributed by atoms with Gasteiger partial charge in [-0.25, -0.2) is 9.97 Å². The third kappa shape index (κ3) is 3.69. The van der Waals surface area contributed by atoms with Gasteiger partial charge >= 0.3 is 0 Å². The first-order valence-corrected chi connectivity index (χ1v) is 6.21. The van der Waals surface area contributed by atoms with Gasteiger partial charge in [0.15, 0.2) is 0 Å². The maximum Gasteiger partial charge on any atom is 0.133 e. The Hall–Kier alpha value is -2.08. The van der Waals surface area contributed by atoms with Crippen LogP contribution in [-0.4, -0.2) is 30.1 Å². The Labute approximate surface area is 112 Å². The molecular weight excluding hydrogens is 242 g/mol. The molecule has 2 aromatic heterocycles. The van der Waals surface area contributed by atoms with Crippen LogP contribution in [0, 0.1) is 6.92 Å². The molecular formula is C13H19N5O. The molecule has 0 aromatic carbocycles. The lowest BCUT2D eigenvalue weighted by Gasteiger charge is -2.17. The molecule has 6 heteroatoms. The maximum absolute atomic E-state index is 5.53. The summed E-state index contributed by atoms with van der Waals surface area (Å²) in [7, 11) is 1.95. The zero-order valence-corrected chi connectivity index (χ0v) is 11.3. The van der Waals surface area contributed by atoms with E-state index in [4.69, 9.17) is 10.2 Å². The van der Waals surface area contributed by atoms with Crippen molar-refractivity contribution < 1.29 is 4.42 Å². The predicted molar refractivity (Wildman–Crippen MR) is 75.1 cm³/mol. The van der Waals surface area contributed by atoms with Crippen LogP contribution in [0.2, 0.25) is 0 Å². The Bertz CT molecular complexity index is 525. The highest BCUT2D eigenvalue weighted by Gasteiger charge is 2.04. The van der Waals surface area contributed by atoms with E-state index in [0.29, 0.717) is 13.1 Å².